The number of nitrogens with two attached hydrogens (primary N) is 1. The fourth-order valence-electron chi connectivity index (χ4n) is 1.25. The van der Waals surface area contributed by atoms with E-state index in [-0.39, 0.29) is 11.6 Å². The van der Waals surface area contributed by atoms with Crippen LogP contribution in [0.2, 0.25) is 0 Å². The van der Waals surface area contributed by atoms with Crippen LogP contribution in [0.15, 0.2) is 24.5 Å². The molecule has 0 fully saturated rings. The van der Waals surface area contributed by atoms with E-state index in [0.29, 0.717) is 0 Å². The first kappa shape index (κ1) is 11.1. The fourth-order valence-corrected chi connectivity index (χ4v) is 1.25. The van der Waals surface area contributed by atoms with Crippen LogP contribution in [0, 0.1) is 0 Å². The van der Waals surface area contributed by atoms with Crippen LogP contribution in [0.1, 0.15) is 25.5 Å². The summed E-state index contributed by atoms with van der Waals surface area (Å²) in [5.41, 5.74) is 7.20. The molecule has 78 valence electrons. The number of likely N-dealkylation sites (N-methyl/N-ethyl adjacent to an activating group) is 1. The third-order valence-electron chi connectivity index (χ3n) is 2.96. The number of hydrogen-bond acceptors (Lipinski definition) is 3. The maximum absolute atomic E-state index is 6.19. The lowest BCUT2D eigenvalue weighted by Crippen LogP contribution is -2.47. The van der Waals surface area contributed by atoms with Crippen molar-refractivity contribution in [3.05, 3.63) is 30.1 Å². The molecule has 0 aliphatic carbocycles. The Labute approximate surface area is 85.9 Å². The third kappa shape index (κ3) is 2.11. The highest BCUT2D eigenvalue weighted by Crippen LogP contribution is 2.26. The normalized spacial score (nSPS) is 14.4. The van der Waals surface area contributed by atoms with Gasteiger partial charge in [-0.1, -0.05) is 6.07 Å². The van der Waals surface area contributed by atoms with E-state index < -0.39 is 0 Å². The van der Waals surface area contributed by atoms with Crippen LogP contribution in [-0.4, -0.2) is 29.5 Å². The van der Waals surface area contributed by atoms with Crippen LogP contribution >= 0.6 is 0 Å². The average molecular weight is 193 g/mol. The minimum Gasteiger partial charge on any atom is -0.322 e. The predicted octanol–water partition coefficient (Wildman–Crippen LogP) is 1.42. The molecule has 0 radical (unpaired) electrons. The van der Waals surface area contributed by atoms with Gasteiger partial charge in [0.1, 0.15) is 0 Å². The maximum Gasteiger partial charge on any atom is 0.0491 e. The number of hydrogen-bond donors (Lipinski definition) is 1. The summed E-state index contributed by atoms with van der Waals surface area (Å²) >= 11 is 0. The molecule has 0 amide bonds. The second kappa shape index (κ2) is 4.07. The van der Waals surface area contributed by atoms with E-state index in [1.54, 1.807) is 6.20 Å². The van der Waals surface area contributed by atoms with Crippen molar-refractivity contribution in [3.63, 3.8) is 0 Å². The lowest BCUT2D eigenvalue weighted by atomic mass is 9.89. The van der Waals surface area contributed by atoms with E-state index in [9.17, 15) is 0 Å². The highest BCUT2D eigenvalue weighted by Gasteiger charge is 2.29. The van der Waals surface area contributed by atoms with E-state index in [4.69, 9.17) is 5.73 Å². The Hall–Kier alpha value is -0.930. The first-order chi connectivity index (χ1) is 6.46. The largest absolute Gasteiger partial charge is 0.322 e. The number of pyridine rings is 1. The number of nitrogens with zero attached hydrogens (tertiary/aromatic N) is 2. The van der Waals surface area contributed by atoms with Gasteiger partial charge in [0.2, 0.25) is 0 Å². The zero-order chi connectivity index (χ0) is 10.8. The van der Waals surface area contributed by atoms with Gasteiger partial charge < -0.3 is 10.6 Å². The van der Waals surface area contributed by atoms with Gasteiger partial charge in [-0.05, 0) is 39.6 Å². The van der Waals surface area contributed by atoms with Crippen molar-refractivity contribution in [2.45, 2.75) is 25.4 Å². The van der Waals surface area contributed by atoms with Gasteiger partial charge in [-0.2, -0.15) is 0 Å². The SMILES string of the molecule is CN(C)C(C)(C)C(N)c1cccnc1. The smallest absolute Gasteiger partial charge is 0.0491 e. The number of aromatic nitrogens is 1. The van der Waals surface area contributed by atoms with E-state index in [1.807, 2.05) is 32.4 Å². The first-order valence-corrected chi connectivity index (χ1v) is 4.79. The Morgan fingerprint density at radius 2 is 2.07 bits per heavy atom. The van der Waals surface area contributed by atoms with E-state index in [1.165, 1.54) is 0 Å². The van der Waals surface area contributed by atoms with Crippen molar-refractivity contribution in [2.75, 3.05) is 14.1 Å². The molecule has 0 aliphatic heterocycles. The summed E-state index contributed by atoms with van der Waals surface area (Å²) in [5.74, 6) is 0. The van der Waals surface area contributed by atoms with Crippen molar-refractivity contribution < 1.29 is 0 Å². The van der Waals surface area contributed by atoms with Crippen LogP contribution in [0.5, 0.6) is 0 Å². The van der Waals surface area contributed by atoms with Gasteiger partial charge in [0, 0.05) is 24.0 Å². The molecule has 0 saturated carbocycles. The second-order valence-electron chi connectivity index (χ2n) is 4.31. The molecule has 0 aliphatic rings. The third-order valence-corrected chi connectivity index (χ3v) is 2.96. The molecular weight excluding hydrogens is 174 g/mol. The molecule has 1 unspecified atom stereocenters. The lowest BCUT2D eigenvalue weighted by molar-refractivity contribution is 0.159. The Kier molecular flexibility index (Phi) is 3.24. The predicted molar refractivity (Wildman–Crippen MR) is 58.9 cm³/mol. The summed E-state index contributed by atoms with van der Waals surface area (Å²) in [5, 5.41) is 0. The fraction of sp³-hybridized carbons (Fsp3) is 0.545. The quantitative estimate of drug-likeness (QED) is 0.789. The van der Waals surface area contributed by atoms with Gasteiger partial charge in [0.25, 0.3) is 0 Å². The molecule has 0 spiro atoms. The van der Waals surface area contributed by atoms with Crippen molar-refractivity contribution in [1.29, 1.82) is 0 Å². The molecule has 1 atom stereocenters. The zero-order valence-electron chi connectivity index (χ0n) is 9.36. The van der Waals surface area contributed by atoms with Crippen LogP contribution in [0.3, 0.4) is 0 Å². The molecule has 1 aromatic rings. The van der Waals surface area contributed by atoms with Gasteiger partial charge in [-0.15, -0.1) is 0 Å². The van der Waals surface area contributed by atoms with Gasteiger partial charge in [-0.25, -0.2) is 0 Å². The molecule has 3 nitrogen and oxygen atoms in total. The molecule has 2 N–H and O–H groups in total. The molecule has 1 rings (SSSR count). The summed E-state index contributed by atoms with van der Waals surface area (Å²) in [4.78, 5) is 6.21. The topological polar surface area (TPSA) is 42.1 Å². The highest BCUT2D eigenvalue weighted by molar-refractivity contribution is 5.17. The summed E-state index contributed by atoms with van der Waals surface area (Å²) in [7, 11) is 4.08. The maximum atomic E-state index is 6.19. The molecule has 0 bridgehead atoms. The van der Waals surface area contributed by atoms with Crippen molar-refractivity contribution in [1.82, 2.24) is 9.88 Å². The van der Waals surface area contributed by atoms with Crippen LogP contribution in [0.25, 0.3) is 0 Å². The second-order valence-corrected chi connectivity index (χ2v) is 4.31. The highest BCUT2D eigenvalue weighted by atomic mass is 15.2. The Balaban J connectivity index is 2.90. The Morgan fingerprint density at radius 3 is 2.50 bits per heavy atom. The van der Waals surface area contributed by atoms with Crippen LogP contribution < -0.4 is 5.73 Å². The van der Waals surface area contributed by atoms with Gasteiger partial charge in [0.15, 0.2) is 0 Å². The Morgan fingerprint density at radius 1 is 1.43 bits per heavy atom. The molecule has 0 aromatic carbocycles. The lowest BCUT2D eigenvalue weighted by Gasteiger charge is -2.38. The summed E-state index contributed by atoms with van der Waals surface area (Å²) in [6.07, 6.45) is 3.59. The van der Waals surface area contributed by atoms with Gasteiger partial charge in [-0.3, -0.25) is 4.98 Å². The summed E-state index contributed by atoms with van der Waals surface area (Å²) < 4.78 is 0. The van der Waals surface area contributed by atoms with Gasteiger partial charge >= 0.3 is 0 Å². The van der Waals surface area contributed by atoms with Gasteiger partial charge in [0.05, 0.1) is 0 Å². The monoisotopic (exact) mass is 193 g/mol. The van der Waals surface area contributed by atoms with E-state index in [2.05, 4.69) is 23.7 Å². The van der Waals surface area contributed by atoms with Crippen LogP contribution in [-0.2, 0) is 0 Å². The summed E-state index contributed by atoms with van der Waals surface area (Å²) in [6, 6.07) is 3.91. The molecule has 14 heavy (non-hydrogen) atoms. The Bertz CT molecular complexity index is 280. The van der Waals surface area contributed by atoms with E-state index in [0.717, 1.165) is 5.56 Å². The average Bonchev–Trinajstić information content (AvgIpc) is 2.17. The molecular formula is C11H19N3. The first-order valence-electron chi connectivity index (χ1n) is 4.79. The number of rotatable bonds is 3. The molecule has 1 aromatic heterocycles. The van der Waals surface area contributed by atoms with Crippen molar-refractivity contribution in [2.24, 2.45) is 5.73 Å². The van der Waals surface area contributed by atoms with E-state index >= 15 is 0 Å². The van der Waals surface area contributed by atoms with Crippen molar-refractivity contribution in [3.8, 4) is 0 Å². The minimum atomic E-state index is -0.0664. The molecule has 3 heteroatoms. The minimum absolute atomic E-state index is 0.0220. The summed E-state index contributed by atoms with van der Waals surface area (Å²) in [6.45, 7) is 4.26. The zero-order valence-corrected chi connectivity index (χ0v) is 9.36. The molecule has 0 saturated heterocycles. The van der Waals surface area contributed by atoms with Crippen molar-refractivity contribution >= 4 is 0 Å². The standard InChI is InChI=1S/C11H19N3/c1-11(2,14(3)4)10(12)9-6-5-7-13-8-9/h5-8,10H,12H2,1-4H3. The van der Waals surface area contributed by atoms with Crippen LogP contribution in [0.4, 0.5) is 0 Å². The molecule has 1 heterocycles.